The summed E-state index contributed by atoms with van der Waals surface area (Å²) in [6.07, 6.45) is 3.45. The van der Waals surface area contributed by atoms with Gasteiger partial charge >= 0.3 is 0 Å². The highest BCUT2D eigenvalue weighted by Gasteiger charge is 2.10. The number of amides is 1. The van der Waals surface area contributed by atoms with Gasteiger partial charge in [-0.3, -0.25) is 9.89 Å². The van der Waals surface area contributed by atoms with Crippen molar-refractivity contribution < 1.29 is 9.53 Å². The van der Waals surface area contributed by atoms with E-state index in [0.717, 1.165) is 27.8 Å². The number of fused-ring (bicyclic) bond motifs is 1. The van der Waals surface area contributed by atoms with E-state index in [-0.39, 0.29) is 5.91 Å². The number of ether oxygens (including phenoxy) is 1. The van der Waals surface area contributed by atoms with Crippen LogP contribution in [0.15, 0.2) is 65.9 Å². The van der Waals surface area contributed by atoms with Gasteiger partial charge in [0.1, 0.15) is 11.4 Å². The smallest absolute Gasteiger partial charge is 0.289 e. The lowest BCUT2D eigenvalue weighted by Gasteiger charge is -2.00. The van der Waals surface area contributed by atoms with Gasteiger partial charge in [-0.15, -0.1) is 0 Å². The molecule has 134 valence electrons. The molecule has 0 saturated heterocycles. The number of H-pyrrole nitrogens is 2. The highest BCUT2D eigenvalue weighted by atomic mass is 16.5. The molecular weight excluding hydrogens is 342 g/mol. The first-order valence-electron chi connectivity index (χ1n) is 8.34. The molecule has 0 bridgehead atoms. The fourth-order valence-corrected chi connectivity index (χ4v) is 2.77. The summed E-state index contributed by atoms with van der Waals surface area (Å²) in [6, 6.07) is 17.0. The number of benzene rings is 2. The molecule has 0 saturated carbocycles. The zero-order valence-electron chi connectivity index (χ0n) is 14.6. The number of hydrogen-bond donors (Lipinski definition) is 3. The van der Waals surface area contributed by atoms with Crippen LogP contribution in [-0.2, 0) is 0 Å². The van der Waals surface area contributed by atoms with E-state index in [9.17, 15) is 4.79 Å². The maximum absolute atomic E-state index is 12.3. The Morgan fingerprint density at radius 2 is 2.00 bits per heavy atom. The van der Waals surface area contributed by atoms with Gasteiger partial charge in [-0.05, 0) is 36.4 Å². The normalized spacial score (nSPS) is 11.1. The topological polar surface area (TPSA) is 95.2 Å². The molecule has 1 amide bonds. The Balaban J connectivity index is 1.45. The zero-order valence-corrected chi connectivity index (χ0v) is 14.6. The van der Waals surface area contributed by atoms with E-state index >= 15 is 0 Å². The second kappa shape index (κ2) is 7.17. The highest BCUT2D eigenvalue weighted by Crippen LogP contribution is 2.21. The Morgan fingerprint density at radius 3 is 2.81 bits per heavy atom. The summed E-state index contributed by atoms with van der Waals surface area (Å²) < 4.78 is 5.14. The standard InChI is InChI=1S/C20H17N5O2/c1-27-15-8-6-13(7-9-15)18-10-19(24-23-18)20(26)25-22-12-14-11-21-17-5-3-2-4-16(14)17/h2-12,21H,1H3,(H,23,24)(H,25,26)/b22-12+. The van der Waals surface area contributed by atoms with Crippen molar-refractivity contribution in [2.24, 2.45) is 5.10 Å². The molecule has 4 rings (SSSR count). The summed E-state index contributed by atoms with van der Waals surface area (Å²) in [6.45, 7) is 0. The van der Waals surface area contributed by atoms with Crippen molar-refractivity contribution >= 4 is 23.0 Å². The number of hydrazone groups is 1. The van der Waals surface area contributed by atoms with E-state index < -0.39 is 0 Å². The van der Waals surface area contributed by atoms with E-state index in [4.69, 9.17) is 4.74 Å². The second-order valence-electron chi connectivity index (χ2n) is 5.88. The van der Waals surface area contributed by atoms with Gasteiger partial charge in [-0.1, -0.05) is 18.2 Å². The molecule has 4 aromatic rings. The lowest BCUT2D eigenvalue weighted by atomic mass is 10.1. The summed E-state index contributed by atoms with van der Waals surface area (Å²) in [5.41, 5.74) is 6.31. The van der Waals surface area contributed by atoms with Crippen LogP contribution in [0, 0.1) is 0 Å². The Bertz CT molecular complexity index is 1110. The van der Waals surface area contributed by atoms with Gasteiger partial charge in [-0.25, -0.2) is 5.43 Å². The van der Waals surface area contributed by atoms with Crippen molar-refractivity contribution in [1.29, 1.82) is 0 Å². The molecule has 0 radical (unpaired) electrons. The Kier molecular flexibility index (Phi) is 4.40. The molecule has 2 aromatic carbocycles. The molecule has 0 aliphatic rings. The Morgan fingerprint density at radius 1 is 1.19 bits per heavy atom. The molecule has 0 spiro atoms. The molecule has 7 nitrogen and oxygen atoms in total. The number of aromatic nitrogens is 3. The zero-order chi connectivity index (χ0) is 18.6. The SMILES string of the molecule is COc1ccc(-c2cc(C(=O)N/N=C/c3c[nH]c4ccccc34)[nH]n2)cc1. The predicted octanol–water partition coefficient (Wildman–Crippen LogP) is 3.33. The summed E-state index contributed by atoms with van der Waals surface area (Å²) in [5, 5.41) is 12.0. The Hall–Kier alpha value is -3.87. The summed E-state index contributed by atoms with van der Waals surface area (Å²) >= 11 is 0. The van der Waals surface area contributed by atoms with Crippen LogP contribution in [0.5, 0.6) is 5.75 Å². The fraction of sp³-hybridized carbons (Fsp3) is 0.0500. The van der Waals surface area contributed by atoms with Crippen molar-refractivity contribution in [3.63, 3.8) is 0 Å². The number of nitrogens with one attached hydrogen (secondary N) is 3. The van der Waals surface area contributed by atoms with E-state index in [1.54, 1.807) is 19.4 Å². The van der Waals surface area contributed by atoms with Crippen molar-refractivity contribution in [1.82, 2.24) is 20.6 Å². The van der Waals surface area contributed by atoms with E-state index in [1.807, 2.05) is 54.7 Å². The molecule has 0 aliphatic carbocycles. The molecular formula is C20H17N5O2. The van der Waals surface area contributed by atoms with Crippen LogP contribution in [0.3, 0.4) is 0 Å². The van der Waals surface area contributed by atoms with Crippen molar-refractivity contribution in [2.75, 3.05) is 7.11 Å². The van der Waals surface area contributed by atoms with Crippen molar-refractivity contribution in [3.05, 3.63) is 72.1 Å². The minimum Gasteiger partial charge on any atom is -0.497 e. The lowest BCUT2D eigenvalue weighted by molar-refractivity contribution is 0.0950. The largest absolute Gasteiger partial charge is 0.497 e. The second-order valence-corrected chi connectivity index (χ2v) is 5.88. The maximum atomic E-state index is 12.3. The van der Waals surface area contributed by atoms with Crippen LogP contribution in [0.25, 0.3) is 22.2 Å². The molecule has 0 aliphatic heterocycles. The number of carbonyl (C=O) groups excluding carboxylic acids is 1. The summed E-state index contributed by atoms with van der Waals surface area (Å²) in [7, 11) is 1.61. The predicted molar refractivity (Wildman–Crippen MR) is 104 cm³/mol. The number of hydrogen-bond acceptors (Lipinski definition) is 4. The summed E-state index contributed by atoms with van der Waals surface area (Å²) in [4.78, 5) is 15.4. The number of nitrogens with zero attached hydrogens (tertiary/aromatic N) is 2. The quantitative estimate of drug-likeness (QED) is 0.377. The van der Waals surface area contributed by atoms with Crippen LogP contribution in [0.4, 0.5) is 0 Å². The van der Waals surface area contributed by atoms with E-state index in [0.29, 0.717) is 11.4 Å². The number of carbonyl (C=O) groups is 1. The first-order chi connectivity index (χ1) is 13.2. The van der Waals surface area contributed by atoms with Crippen LogP contribution in [0.2, 0.25) is 0 Å². The lowest BCUT2D eigenvalue weighted by Crippen LogP contribution is -2.17. The van der Waals surface area contributed by atoms with Gasteiger partial charge in [0.2, 0.25) is 0 Å². The third-order valence-electron chi connectivity index (χ3n) is 4.20. The third kappa shape index (κ3) is 3.43. The molecule has 7 heteroatoms. The minimum atomic E-state index is -0.363. The van der Waals surface area contributed by atoms with Crippen LogP contribution in [0.1, 0.15) is 16.1 Å². The van der Waals surface area contributed by atoms with E-state index in [2.05, 4.69) is 25.7 Å². The van der Waals surface area contributed by atoms with Gasteiger partial charge < -0.3 is 9.72 Å². The van der Waals surface area contributed by atoms with Gasteiger partial charge in [0.15, 0.2) is 0 Å². The average Bonchev–Trinajstić information content (AvgIpc) is 3.36. The average molecular weight is 359 g/mol. The number of methoxy groups -OCH3 is 1. The van der Waals surface area contributed by atoms with Crippen LogP contribution < -0.4 is 10.2 Å². The summed E-state index contributed by atoms with van der Waals surface area (Å²) in [5.74, 6) is 0.400. The molecule has 0 unspecified atom stereocenters. The van der Waals surface area contributed by atoms with Crippen LogP contribution >= 0.6 is 0 Å². The van der Waals surface area contributed by atoms with Gasteiger partial charge in [-0.2, -0.15) is 10.2 Å². The van der Waals surface area contributed by atoms with Gasteiger partial charge in [0, 0.05) is 28.2 Å². The molecule has 3 N–H and O–H groups in total. The monoisotopic (exact) mass is 359 g/mol. The number of aromatic amines is 2. The molecule has 2 heterocycles. The fourth-order valence-electron chi connectivity index (χ4n) is 2.77. The number of para-hydroxylation sites is 1. The molecule has 27 heavy (non-hydrogen) atoms. The first-order valence-corrected chi connectivity index (χ1v) is 8.34. The minimum absolute atomic E-state index is 0.330. The molecule has 0 atom stereocenters. The van der Waals surface area contributed by atoms with Crippen molar-refractivity contribution in [2.45, 2.75) is 0 Å². The molecule has 2 aromatic heterocycles. The Labute approximate surface area is 155 Å². The number of rotatable bonds is 5. The molecule has 0 fully saturated rings. The van der Waals surface area contributed by atoms with Gasteiger partial charge in [0.05, 0.1) is 19.0 Å². The third-order valence-corrected chi connectivity index (χ3v) is 4.20. The first kappa shape index (κ1) is 16.6. The van der Waals surface area contributed by atoms with E-state index in [1.165, 1.54) is 0 Å². The van der Waals surface area contributed by atoms with Crippen LogP contribution in [-0.4, -0.2) is 34.4 Å². The highest BCUT2D eigenvalue weighted by molar-refractivity contribution is 6.00. The van der Waals surface area contributed by atoms with Gasteiger partial charge in [0.25, 0.3) is 5.91 Å². The maximum Gasteiger partial charge on any atom is 0.289 e. The van der Waals surface area contributed by atoms with Crippen molar-refractivity contribution in [3.8, 4) is 17.0 Å².